The molecule has 1 rings (SSSR count). The second-order valence-corrected chi connectivity index (χ2v) is 4.45. The number of nitrogens with zero attached hydrogens (tertiary/aromatic N) is 2. The van der Waals surface area contributed by atoms with E-state index >= 15 is 0 Å². The van der Waals surface area contributed by atoms with E-state index in [0.717, 1.165) is 13.0 Å². The number of carbonyl (C=O) groups excluding carboxylic acids is 2. The number of amides is 2. The first-order valence-corrected chi connectivity index (χ1v) is 6.39. The Kier molecular flexibility index (Phi) is 7.95. The van der Waals surface area contributed by atoms with Gasteiger partial charge < -0.3 is 15.5 Å². The standard InChI is InChI=1S/C12H23N3O2.ClH/c1-3-14(4-2)11(16)5-6-12(17)15-8-7-10(13)9-15;/h10H,3-9,13H2,1-2H3;1H/t10-;/m1./s1. The topological polar surface area (TPSA) is 66.6 Å². The molecule has 0 aromatic heterocycles. The molecule has 1 heterocycles. The molecule has 6 heteroatoms. The Morgan fingerprint density at radius 1 is 1.28 bits per heavy atom. The molecule has 0 radical (unpaired) electrons. The van der Waals surface area contributed by atoms with Crippen LogP contribution in [-0.2, 0) is 9.59 Å². The summed E-state index contributed by atoms with van der Waals surface area (Å²) < 4.78 is 0. The van der Waals surface area contributed by atoms with Crippen molar-refractivity contribution in [2.45, 2.75) is 39.2 Å². The van der Waals surface area contributed by atoms with Gasteiger partial charge in [0, 0.05) is 45.1 Å². The van der Waals surface area contributed by atoms with Crippen molar-refractivity contribution < 1.29 is 9.59 Å². The van der Waals surface area contributed by atoms with Gasteiger partial charge in [-0.2, -0.15) is 0 Å². The lowest BCUT2D eigenvalue weighted by molar-refractivity contribution is -0.136. The summed E-state index contributed by atoms with van der Waals surface area (Å²) in [5.41, 5.74) is 5.74. The van der Waals surface area contributed by atoms with Gasteiger partial charge >= 0.3 is 0 Å². The van der Waals surface area contributed by atoms with Crippen LogP contribution in [0.3, 0.4) is 0 Å². The first kappa shape index (κ1) is 17.2. The van der Waals surface area contributed by atoms with Crippen LogP contribution in [0.5, 0.6) is 0 Å². The molecule has 0 aliphatic carbocycles. The molecule has 1 aliphatic heterocycles. The van der Waals surface area contributed by atoms with Gasteiger partial charge in [0.25, 0.3) is 0 Å². The maximum Gasteiger partial charge on any atom is 0.223 e. The van der Waals surface area contributed by atoms with Gasteiger partial charge in [-0.05, 0) is 20.3 Å². The van der Waals surface area contributed by atoms with Gasteiger partial charge in [-0.15, -0.1) is 12.4 Å². The SMILES string of the molecule is CCN(CC)C(=O)CCC(=O)N1CC[C@@H](N)C1.Cl. The van der Waals surface area contributed by atoms with Crippen molar-refractivity contribution in [1.29, 1.82) is 0 Å². The van der Waals surface area contributed by atoms with Gasteiger partial charge in [-0.25, -0.2) is 0 Å². The normalized spacial score (nSPS) is 18.4. The molecule has 106 valence electrons. The minimum Gasteiger partial charge on any atom is -0.343 e. The van der Waals surface area contributed by atoms with Crippen LogP contribution in [0.1, 0.15) is 33.1 Å². The molecule has 0 saturated carbocycles. The van der Waals surface area contributed by atoms with Crippen molar-refractivity contribution in [2.75, 3.05) is 26.2 Å². The van der Waals surface area contributed by atoms with E-state index < -0.39 is 0 Å². The fourth-order valence-electron chi connectivity index (χ4n) is 2.12. The summed E-state index contributed by atoms with van der Waals surface area (Å²) in [6.07, 6.45) is 1.49. The van der Waals surface area contributed by atoms with E-state index in [4.69, 9.17) is 5.73 Å². The molecule has 0 spiro atoms. The monoisotopic (exact) mass is 277 g/mol. The summed E-state index contributed by atoms with van der Waals surface area (Å²) in [4.78, 5) is 27.0. The largest absolute Gasteiger partial charge is 0.343 e. The number of nitrogens with two attached hydrogens (primary N) is 1. The van der Waals surface area contributed by atoms with E-state index in [1.807, 2.05) is 13.8 Å². The summed E-state index contributed by atoms with van der Waals surface area (Å²) in [7, 11) is 0. The summed E-state index contributed by atoms with van der Waals surface area (Å²) in [5.74, 6) is 0.116. The minimum absolute atomic E-state index is 0. The molecule has 2 amide bonds. The quantitative estimate of drug-likeness (QED) is 0.801. The van der Waals surface area contributed by atoms with E-state index in [2.05, 4.69) is 0 Å². The second kappa shape index (κ2) is 8.32. The maximum atomic E-state index is 11.8. The molecule has 0 aromatic carbocycles. The van der Waals surface area contributed by atoms with Crippen LogP contribution in [0.2, 0.25) is 0 Å². The highest BCUT2D eigenvalue weighted by Crippen LogP contribution is 2.10. The van der Waals surface area contributed by atoms with Gasteiger partial charge in [0.1, 0.15) is 0 Å². The minimum atomic E-state index is 0. The molecular formula is C12H24ClN3O2. The lowest BCUT2D eigenvalue weighted by Crippen LogP contribution is -2.34. The van der Waals surface area contributed by atoms with Crippen LogP contribution in [0, 0.1) is 0 Å². The van der Waals surface area contributed by atoms with Crippen LogP contribution in [0.25, 0.3) is 0 Å². The molecule has 1 atom stereocenters. The van der Waals surface area contributed by atoms with Crippen molar-refractivity contribution in [2.24, 2.45) is 5.73 Å². The van der Waals surface area contributed by atoms with Gasteiger partial charge in [-0.1, -0.05) is 0 Å². The van der Waals surface area contributed by atoms with Gasteiger partial charge in [-0.3, -0.25) is 9.59 Å². The number of carbonyl (C=O) groups is 2. The van der Waals surface area contributed by atoms with Gasteiger partial charge in [0.15, 0.2) is 0 Å². The number of likely N-dealkylation sites (tertiary alicyclic amines) is 1. The third kappa shape index (κ3) is 4.82. The first-order chi connectivity index (χ1) is 8.08. The zero-order valence-corrected chi connectivity index (χ0v) is 12.0. The van der Waals surface area contributed by atoms with E-state index in [9.17, 15) is 9.59 Å². The second-order valence-electron chi connectivity index (χ2n) is 4.45. The van der Waals surface area contributed by atoms with Gasteiger partial charge in [0.05, 0.1) is 0 Å². The van der Waals surface area contributed by atoms with Crippen LogP contribution in [0.4, 0.5) is 0 Å². The van der Waals surface area contributed by atoms with Crippen LogP contribution in [-0.4, -0.2) is 53.8 Å². The van der Waals surface area contributed by atoms with E-state index in [0.29, 0.717) is 32.5 Å². The molecule has 5 nitrogen and oxygen atoms in total. The first-order valence-electron chi connectivity index (χ1n) is 6.39. The highest BCUT2D eigenvalue weighted by Gasteiger charge is 2.24. The van der Waals surface area contributed by atoms with Crippen LogP contribution < -0.4 is 5.73 Å². The van der Waals surface area contributed by atoms with Crippen molar-refractivity contribution in [3.05, 3.63) is 0 Å². The van der Waals surface area contributed by atoms with Crippen molar-refractivity contribution >= 4 is 24.2 Å². The summed E-state index contributed by atoms with van der Waals surface area (Å²) in [5, 5.41) is 0. The lowest BCUT2D eigenvalue weighted by Gasteiger charge is -2.20. The van der Waals surface area contributed by atoms with Crippen LogP contribution in [0.15, 0.2) is 0 Å². The highest BCUT2D eigenvalue weighted by atomic mass is 35.5. The van der Waals surface area contributed by atoms with Crippen molar-refractivity contribution in [1.82, 2.24) is 9.80 Å². The van der Waals surface area contributed by atoms with E-state index in [1.54, 1.807) is 9.80 Å². The van der Waals surface area contributed by atoms with Gasteiger partial charge in [0.2, 0.25) is 11.8 Å². The third-order valence-electron chi connectivity index (χ3n) is 3.25. The Balaban J connectivity index is 0.00000289. The number of hydrogen-bond donors (Lipinski definition) is 1. The summed E-state index contributed by atoms with van der Waals surface area (Å²) in [6.45, 7) is 6.68. The fourth-order valence-corrected chi connectivity index (χ4v) is 2.12. The molecular weight excluding hydrogens is 254 g/mol. The average molecular weight is 278 g/mol. The summed E-state index contributed by atoms with van der Waals surface area (Å²) >= 11 is 0. The highest BCUT2D eigenvalue weighted by molar-refractivity contribution is 5.85. The molecule has 1 fully saturated rings. The van der Waals surface area contributed by atoms with E-state index in [1.165, 1.54) is 0 Å². The fraction of sp³-hybridized carbons (Fsp3) is 0.833. The molecule has 0 aromatic rings. The molecule has 0 bridgehead atoms. The molecule has 2 N–H and O–H groups in total. The zero-order valence-electron chi connectivity index (χ0n) is 11.2. The lowest BCUT2D eigenvalue weighted by atomic mass is 10.2. The third-order valence-corrected chi connectivity index (χ3v) is 3.25. The molecule has 18 heavy (non-hydrogen) atoms. The Hall–Kier alpha value is -0.810. The van der Waals surface area contributed by atoms with Crippen molar-refractivity contribution in [3.8, 4) is 0 Å². The van der Waals surface area contributed by atoms with E-state index in [-0.39, 0.29) is 30.3 Å². The maximum absolute atomic E-state index is 11.8. The Morgan fingerprint density at radius 2 is 1.89 bits per heavy atom. The predicted octanol–water partition coefficient (Wildman–Crippen LogP) is 0.616. The predicted molar refractivity (Wildman–Crippen MR) is 73.6 cm³/mol. The Morgan fingerprint density at radius 3 is 2.33 bits per heavy atom. The number of rotatable bonds is 5. The molecule has 1 aliphatic rings. The Bertz CT molecular complexity index is 282. The van der Waals surface area contributed by atoms with Crippen molar-refractivity contribution in [3.63, 3.8) is 0 Å². The molecule has 1 saturated heterocycles. The smallest absolute Gasteiger partial charge is 0.223 e. The van der Waals surface area contributed by atoms with Crippen LogP contribution >= 0.6 is 12.4 Å². The number of hydrogen-bond acceptors (Lipinski definition) is 3. The number of halogens is 1. The molecule has 0 unspecified atom stereocenters. The Labute approximate surface area is 115 Å². The summed E-state index contributed by atoms with van der Waals surface area (Å²) in [6, 6.07) is 0.109. The average Bonchev–Trinajstić information content (AvgIpc) is 2.74. The zero-order chi connectivity index (χ0) is 12.8.